The predicted molar refractivity (Wildman–Crippen MR) is 58.2 cm³/mol. The molecule has 0 radical (unpaired) electrons. The summed E-state index contributed by atoms with van der Waals surface area (Å²) in [4.78, 5) is 1.42. The van der Waals surface area contributed by atoms with Crippen molar-refractivity contribution in [3.63, 3.8) is 0 Å². The number of halogens is 3. The zero-order valence-electron chi connectivity index (χ0n) is 9.82. The van der Waals surface area contributed by atoms with Gasteiger partial charge in [0.15, 0.2) is 0 Å². The number of hydrogen-bond acceptors (Lipinski definition) is 2. The fourth-order valence-corrected chi connectivity index (χ4v) is 2.56. The lowest BCUT2D eigenvalue weighted by atomic mass is 9.88. The first kappa shape index (κ1) is 13.8. The van der Waals surface area contributed by atoms with E-state index in [-0.39, 0.29) is 0 Å². The van der Waals surface area contributed by atoms with E-state index in [1.165, 1.54) is 4.90 Å². The van der Waals surface area contributed by atoms with E-state index in [4.69, 9.17) is 5.73 Å². The lowest BCUT2D eigenvalue weighted by molar-refractivity contribution is -0.155. The van der Waals surface area contributed by atoms with Gasteiger partial charge in [0.05, 0.1) is 6.54 Å². The van der Waals surface area contributed by atoms with Crippen LogP contribution in [-0.2, 0) is 0 Å². The first-order valence-electron chi connectivity index (χ1n) is 5.88. The molecular weight excluding hydrogens is 217 g/mol. The van der Waals surface area contributed by atoms with Crippen molar-refractivity contribution in [1.29, 1.82) is 0 Å². The SMILES string of the molecule is CN(CC(F)(F)F)C1(CN)CCCCCC1. The summed E-state index contributed by atoms with van der Waals surface area (Å²) in [6.45, 7) is -0.538. The third-order valence-electron chi connectivity index (χ3n) is 3.64. The standard InChI is InChI=1S/C11H21F3N2/c1-16(9-11(12,13)14)10(8-15)6-4-2-3-5-7-10/h2-9,15H2,1H3. The van der Waals surface area contributed by atoms with Crippen molar-refractivity contribution >= 4 is 0 Å². The molecule has 1 fully saturated rings. The maximum Gasteiger partial charge on any atom is 0.401 e. The topological polar surface area (TPSA) is 29.3 Å². The van der Waals surface area contributed by atoms with Gasteiger partial charge in [-0.15, -0.1) is 0 Å². The largest absolute Gasteiger partial charge is 0.401 e. The van der Waals surface area contributed by atoms with E-state index in [1.54, 1.807) is 7.05 Å². The molecule has 0 spiro atoms. The predicted octanol–water partition coefficient (Wildman–Crippen LogP) is 2.53. The zero-order chi connectivity index (χ0) is 12.2. The van der Waals surface area contributed by atoms with Crippen LogP contribution < -0.4 is 5.73 Å². The monoisotopic (exact) mass is 238 g/mol. The van der Waals surface area contributed by atoms with Gasteiger partial charge in [-0.1, -0.05) is 25.7 Å². The highest BCUT2D eigenvalue weighted by Crippen LogP contribution is 2.32. The summed E-state index contributed by atoms with van der Waals surface area (Å²) in [5, 5.41) is 0. The fourth-order valence-electron chi connectivity index (χ4n) is 2.56. The molecule has 5 heteroatoms. The normalized spacial score (nSPS) is 22.1. The van der Waals surface area contributed by atoms with Crippen molar-refractivity contribution in [1.82, 2.24) is 4.90 Å². The van der Waals surface area contributed by atoms with Gasteiger partial charge in [-0.25, -0.2) is 0 Å². The molecule has 1 rings (SSSR count). The van der Waals surface area contributed by atoms with Gasteiger partial charge >= 0.3 is 6.18 Å². The quantitative estimate of drug-likeness (QED) is 0.766. The van der Waals surface area contributed by atoms with Gasteiger partial charge in [-0.05, 0) is 19.9 Å². The average molecular weight is 238 g/mol. The summed E-state index contributed by atoms with van der Waals surface area (Å²) in [5.41, 5.74) is 5.28. The van der Waals surface area contributed by atoms with Gasteiger partial charge in [0.25, 0.3) is 0 Å². The summed E-state index contributed by atoms with van der Waals surface area (Å²) >= 11 is 0. The molecule has 96 valence electrons. The Morgan fingerprint density at radius 3 is 2.00 bits per heavy atom. The zero-order valence-corrected chi connectivity index (χ0v) is 9.82. The van der Waals surface area contributed by atoms with Crippen molar-refractivity contribution < 1.29 is 13.2 Å². The molecule has 1 aliphatic rings. The molecule has 0 amide bonds. The molecule has 0 heterocycles. The highest BCUT2D eigenvalue weighted by atomic mass is 19.4. The Bertz CT molecular complexity index is 208. The highest BCUT2D eigenvalue weighted by molar-refractivity contribution is 4.92. The van der Waals surface area contributed by atoms with Crippen molar-refractivity contribution in [2.24, 2.45) is 5.73 Å². The van der Waals surface area contributed by atoms with E-state index in [1.807, 2.05) is 0 Å². The van der Waals surface area contributed by atoms with Crippen LogP contribution >= 0.6 is 0 Å². The molecule has 0 unspecified atom stereocenters. The number of likely N-dealkylation sites (N-methyl/N-ethyl adjacent to an activating group) is 1. The van der Waals surface area contributed by atoms with Gasteiger partial charge in [0.2, 0.25) is 0 Å². The lowest BCUT2D eigenvalue weighted by Gasteiger charge is -2.41. The van der Waals surface area contributed by atoms with Gasteiger partial charge in [0.1, 0.15) is 0 Å². The first-order valence-corrected chi connectivity index (χ1v) is 5.88. The Morgan fingerprint density at radius 1 is 1.12 bits per heavy atom. The average Bonchev–Trinajstić information content (AvgIpc) is 2.40. The van der Waals surface area contributed by atoms with Crippen LogP contribution in [-0.4, -0.2) is 36.8 Å². The minimum absolute atomic E-state index is 0.319. The van der Waals surface area contributed by atoms with E-state index in [9.17, 15) is 13.2 Å². The van der Waals surface area contributed by atoms with Crippen LogP contribution in [0.4, 0.5) is 13.2 Å². The van der Waals surface area contributed by atoms with Crippen LogP contribution in [0.1, 0.15) is 38.5 Å². The molecule has 2 nitrogen and oxygen atoms in total. The van der Waals surface area contributed by atoms with E-state index < -0.39 is 18.3 Å². The van der Waals surface area contributed by atoms with Gasteiger partial charge in [-0.2, -0.15) is 13.2 Å². The van der Waals surface area contributed by atoms with Gasteiger partial charge in [-0.3, -0.25) is 4.90 Å². The number of alkyl halides is 3. The Kier molecular flexibility index (Phi) is 4.62. The molecule has 1 saturated carbocycles. The Morgan fingerprint density at radius 2 is 1.62 bits per heavy atom. The van der Waals surface area contributed by atoms with Crippen LogP contribution in [0.5, 0.6) is 0 Å². The van der Waals surface area contributed by atoms with Crippen LogP contribution in [0, 0.1) is 0 Å². The van der Waals surface area contributed by atoms with Gasteiger partial charge < -0.3 is 5.73 Å². The Balaban J connectivity index is 2.69. The third-order valence-corrected chi connectivity index (χ3v) is 3.64. The molecule has 1 aliphatic carbocycles. The van der Waals surface area contributed by atoms with Crippen molar-refractivity contribution in [3.8, 4) is 0 Å². The maximum atomic E-state index is 12.4. The molecule has 0 atom stereocenters. The molecule has 0 aromatic heterocycles. The summed E-state index contributed by atoms with van der Waals surface area (Å²) in [6.07, 6.45) is 1.64. The molecule has 0 aromatic carbocycles. The summed E-state index contributed by atoms with van der Waals surface area (Å²) in [6, 6.07) is 0. The summed E-state index contributed by atoms with van der Waals surface area (Å²) in [5.74, 6) is 0. The number of nitrogens with zero attached hydrogens (tertiary/aromatic N) is 1. The number of rotatable bonds is 3. The molecule has 0 aliphatic heterocycles. The number of nitrogens with two attached hydrogens (primary N) is 1. The maximum absolute atomic E-state index is 12.4. The number of hydrogen-bond donors (Lipinski definition) is 1. The third kappa shape index (κ3) is 3.63. The molecular formula is C11H21F3N2. The minimum atomic E-state index is -4.14. The Labute approximate surface area is 95.0 Å². The molecule has 0 aromatic rings. The van der Waals surface area contributed by atoms with E-state index in [0.29, 0.717) is 6.54 Å². The molecule has 0 bridgehead atoms. The second-order valence-corrected chi connectivity index (χ2v) is 4.81. The Hall–Kier alpha value is -0.290. The van der Waals surface area contributed by atoms with Crippen LogP contribution in [0.15, 0.2) is 0 Å². The molecule has 16 heavy (non-hydrogen) atoms. The summed E-state index contributed by atoms with van der Waals surface area (Å²) in [7, 11) is 1.55. The fraction of sp³-hybridized carbons (Fsp3) is 1.00. The second-order valence-electron chi connectivity index (χ2n) is 4.81. The van der Waals surface area contributed by atoms with Crippen LogP contribution in [0.2, 0.25) is 0 Å². The van der Waals surface area contributed by atoms with E-state index in [2.05, 4.69) is 0 Å². The minimum Gasteiger partial charge on any atom is -0.329 e. The molecule has 2 N–H and O–H groups in total. The highest BCUT2D eigenvalue weighted by Gasteiger charge is 2.39. The second kappa shape index (κ2) is 5.36. The van der Waals surface area contributed by atoms with E-state index in [0.717, 1.165) is 38.5 Å². The van der Waals surface area contributed by atoms with Crippen LogP contribution in [0.3, 0.4) is 0 Å². The van der Waals surface area contributed by atoms with E-state index >= 15 is 0 Å². The lowest BCUT2D eigenvalue weighted by Crippen LogP contribution is -2.54. The summed E-state index contributed by atoms with van der Waals surface area (Å²) < 4.78 is 37.2. The van der Waals surface area contributed by atoms with Crippen LogP contribution in [0.25, 0.3) is 0 Å². The first-order chi connectivity index (χ1) is 7.40. The van der Waals surface area contributed by atoms with Crippen molar-refractivity contribution in [2.45, 2.75) is 50.2 Å². The van der Waals surface area contributed by atoms with Crippen molar-refractivity contribution in [2.75, 3.05) is 20.1 Å². The van der Waals surface area contributed by atoms with Crippen molar-refractivity contribution in [3.05, 3.63) is 0 Å². The smallest absolute Gasteiger partial charge is 0.329 e. The molecule has 0 saturated heterocycles. The van der Waals surface area contributed by atoms with Gasteiger partial charge in [0, 0.05) is 12.1 Å².